The van der Waals surface area contributed by atoms with Crippen LogP contribution in [-0.2, 0) is 6.54 Å². The zero-order chi connectivity index (χ0) is 13.7. The average molecular weight is 259 g/mol. The number of hydrogen-bond donors (Lipinski definition) is 1. The van der Waals surface area contributed by atoms with Crippen molar-refractivity contribution in [2.24, 2.45) is 0 Å². The van der Waals surface area contributed by atoms with E-state index in [1.165, 1.54) is 12.3 Å². The summed E-state index contributed by atoms with van der Waals surface area (Å²) in [5.41, 5.74) is 7.66. The molecule has 0 aliphatic rings. The molecule has 0 saturated carbocycles. The summed E-state index contributed by atoms with van der Waals surface area (Å²) < 4.78 is 12.9. The maximum Gasteiger partial charge on any atom is 0.141 e. The molecule has 0 radical (unpaired) electrons. The molecule has 1 aromatic carbocycles. The molecule has 0 spiro atoms. The lowest BCUT2D eigenvalue weighted by atomic mass is 10.2. The minimum Gasteiger partial charge on any atom is -0.399 e. The molecule has 0 aliphatic heterocycles. The van der Waals surface area contributed by atoms with Crippen LogP contribution in [0.4, 0.5) is 15.9 Å². The van der Waals surface area contributed by atoms with Crippen molar-refractivity contribution in [3.05, 3.63) is 54.0 Å². The van der Waals surface area contributed by atoms with Gasteiger partial charge in [0.05, 0.1) is 6.20 Å². The molecule has 0 fully saturated rings. The van der Waals surface area contributed by atoms with E-state index in [2.05, 4.69) is 16.8 Å². The highest BCUT2D eigenvalue weighted by Crippen LogP contribution is 2.16. The number of nitrogens with zero attached hydrogens (tertiary/aromatic N) is 2. The molecule has 2 rings (SSSR count). The van der Waals surface area contributed by atoms with Crippen LogP contribution in [-0.4, -0.2) is 11.5 Å². The Hall–Kier alpha value is -2.10. The third-order valence-electron chi connectivity index (χ3n) is 2.85. The first kappa shape index (κ1) is 13.3. The van der Waals surface area contributed by atoms with E-state index in [0.717, 1.165) is 36.6 Å². The summed E-state index contributed by atoms with van der Waals surface area (Å²) in [7, 11) is 0. The van der Waals surface area contributed by atoms with Crippen LogP contribution in [0, 0.1) is 5.82 Å². The smallest absolute Gasteiger partial charge is 0.141 e. The van der Waals surface area contributed by atoms with E-state index < -0.39 is 0 Å². The quantitative estimate of drug-likeness (QED) is 0.838. The van der Waals surface area contributed by atoms with Gasteiger partial charge in [-0.1, -0.05) is 19.1 Å². The van der Waals surface area contributed by atoms with Gasteiger partial charge in [0, 0.05) is 18.8 Å². The van der Waals surface area contributed by atoms with Crippen LogP contribution in [0.25, 0.3) is 0 Å². The Morgan fingerprint density at radius 2 is 2.11 bits per heavy atom. The van der Waals surface area contributed by atoms with Crippen LogP contribution < -0.4 is 10.6 Å². The van der Waals surface area contributed by atoms with E-state index in [4.69, 9.17) is 5.73 Å². The number of pyridine rings is 1. The molecule has 1 heterocycles. The van der Waals surface area contributed by atoms with Crippen molar-refractivity contribution in [1.82, 2.24) is 4.98 Å². The van der Waals surface area contributed by atoms with Gasteiger partial charge in [-0.15, -0.1) is 0 Å². The van der Waals surface area contributed by atoms with Gasteiger partial charge in [-0.05, 0) is 36.2 Å². The molecule has 0 saturated heterocycles. The molecule has 2 aromatic rings. The van der Waals surface area contributed by atoms with Crippen LogP contribution >= 0.6 is 0 Å². The molecule has 1 aromatic heterocycles. The Labute approximate surface area is 112 Å². The van der Waals surface area contributed by atoms with E-state index in [1.807, 2.05) is 24.3 Å². The van der Waals surface area contributed by atoms with E-state index in [-0.39, 0.29) is 5.82 Å². The summed E-state index contributed by atoms with van der Waals surface area (Å²) in [6.45, 7) is 3.70. The Balaban J connectivity index is 2.18. The lowest BCUT2D eigenvalue weighted by Crippen LogP contribution is -2.24. The van der Waals surface area contributed by atoms with Crippen molar-refractivity contribution in [3.8, 4) is 0 Å². The number of anilines is 2. The number of hydrogen-bond acceptors (Lipinski definition) is 3. The summed E-state index contributed by atoms with van der Waals surface area (Å²) in [5.74, 6) is 0.467. The standard InChI is InChI=1S/C15H18FN3/c1-2-8-19(15-7-6-13(16)10-18-15)11-12-4-3-5-14(17)9-12/h3-7,9-10H,2,8,11,17H2,1H3. The second kappa shape index (κ2) is 6.18. The highest BCUT2D eigenvalue weighted by molar-refractivity contribution is 5.44. The number of nitrogens with two attached hydrogens (primary N) is 1. The molecule has 2 N–H and O–H groups in total. The first-order valence-electron chi connectivity index (χ1n) is 6.40. The van der Waals surface area contributed by atoms with Gasteiger partial charge in [-0.2, -0.15) is 0 Å². The zero-order valence-electron chi connectivity index (χ0n) is 11.0. The molecule has 0 aliphatic carbocycles. The average Bonchev–Trinajstić information content (AvgIpc) is 2.39. The van der Waals surface area contributed by atoms with Crippen LogP contribution in [0.3, 0.4) is 0 Å². The molecule has 4 heteroatoms. The predicted molar refractivity (Wildman–Crippen MR) is 76.4 cm³/mol. The van der Waals surface area contributed by atoms with Crippen LogP contribution in [0.5, 0.6) is 0 Å². The molecule has 100 valence electrons. The first-order chi connectivity index (χ1) is 9.19. The lowest BCUT2D eigenvalue weighted by Gasteiger charge is -2.23. The molecule has 0 bridgehead atoms. The predicted octanol–water partition coefficient (Wildman–Crippen LogP) is 3.22. The van der Waals surface area contributed by atoms with Gasteiger partial charge in [-0.25, -0.2) is 9.37 Å². The fourth-order valence-corrected chi connectivity index (χ4v) is 2.01. The van der Waals surface area contributed by atoms with Gasteiger partial charge >= 0.3 is 0 Å². The third kappa shape index (κ3) is 3.68. The molecule has 0 atom stereocenters. The van der Waals surface area contributed by atoms with Gasteiger partial charge in [0.2, 0.25) is 0 Å². The molecule has 0 amide bonds. The molecular formula is C15H18FN3. The fraction of sp³-hybridized carbons (Fsp3) is 0.267. The van der Waals surface area contributed by atoms with Crippen LogP contribution in [0.1, 0.15) is 18.9 Å². The zero-order valence-corrected chi connectivity index (χ0v) is 11.0. The normalized spacial score (nSPS) is 10.4. The van der Waals surface area contributed by atoms with E-state index >= 15 is 0 Å². The highest BCUT2D eigenvalue weighted by Gasteiger charge is 2.08. The van der Waals surface area contributed by atoms with Gasteiger partial charge < -0.3 is 10.6 Å². The lowest BCUT2D eigenvalue weighted by molar-refractivity contribution is 0.619. The number of rotatable bonds is 5. The summed E-state index contributed by atoms with van der Waals surface area (Å²) >= 11 is 0. The van der Waals surface area contributed by atoms with Crippen molar-refractivity contribution in [2.75, 3.05) is 17.2 Å². The Morgan fingerprint density at radius 3 is 2.74 bits per heavy atom. The maximum absolute atomic E-state index is 12.9. The van der Waals surface area contributed by atoms with Crippen molar-refractivity contribution in [2.45, 2.75) is 19.9 Å². The topological polar surface area (TPSA) is 42.1 Å². The monoisotopic (exact) mass is 259 g/mol. The van der Waals surface area contributed by atoms with Crippen LogP contribution in [0.15, 0.2) is 42.6 Å². The largest absolute Gasteiger partial charge is 0.399 e. The first-order valence-corrected chi connectivity index (χ1v) is 6.40. The van der Waals surface area contributed by atoms with Gasteiger partial charge in [0.25, 0.3) is 0 Å². The van der Waals surface area contributed by atoms with Gasteiger partial charge in [-0.3, -0.25) is 0 Å². The van der Waals surface area contributed by atoms with E-state index in [9.17, 15) is 4.39 Å². The van der Waals surface area contributed by atoms with Gasteiger partial charge in [0.1, 0.15) is 11.6 Å². The van der Waals surface area contributed by atoms with E-state index in [1.54, 1.807) is 6.07 Å². The fourth-order valence-electron chi connectivity index (χ4n) is 2.01. The molecule has 3 nitrogen and oxygen atoms in total. The maximum atomic E-state index is 12.9. The highest BCUT2D eigenvalue weighted by atomic mass is 19.1. The van der Waals surface area contributed by atoms with Gasteiger partial charge in [0.15, 0.2) is 0 Å². The van der Waals surface area contributed by atoms with E-state index in [0.29, 0.717) is 0 Å². The Kier molecular flexibility index (Phi) is 4.34. The number of halogens is 1. The molecular weight excluding hydrogens is 241 g/mol. The minimum absolute atomic E-state index is 0.316. The Bertz CT molecular complexity index is 525. The Morgan fingerprint density at radius 1 is 1.26 bits per heavy atom. The summed E-state index contributed by atoms with van der Waals surface area (Å²) in [4.78, 5) is 6.25. The molecule has 19 heavy (non-hydrogen) atoms. The van der Waals surface area contributed by atoms with Crippen molar-refractivity contribution < 1.29 is 4.39 Å². The second-order valence-corrected chi connectivity index (χ2v) is 4.50. The number of aromatic nitrogens is 1. The third-order valence-corrected chi connectivity index (χ3v) is 2.85. The molecule has 0 unspecified atom stereocenters. The number of nitrogen functional groups attached to an aromatic ring is 1. The summed E-state index contributed by atoms with van der Waals surface area (Å²) in [6.07, 6.45) is 2.25. The van der Waals surface area contributed by atoms with Crippen LogP contribution in [0.2, 0.25) is 0 Å². The summed E-state index contributed by atoms with van der Waals surface area (Å²) in [5, 5.41) is 0. The second-order valence-electron chi connectivity index (χ2n) is 4.50. The van der Waals surface area contributed by atoms with Crippen molar-refractivity contribution >= 4 is 11.5 Å². The summed E-state index contributed by atoms with van der Waals surface area (Å²) in [6, 6.07) is 10.9. The SMILES string of the molecule is CCCN(Cc1cccc(N)c1)c1ccc(F)cn1. The van der Waals surface area contributed by atoms with Crippen molar-refractivity contribution in [1.29, 1.82) is 0 Å². The number of benzene rings is 1. The van der Waals surface area contributed by atoms with Crippen molar-refractivity contribution in [3.63, 3.8) is 0 Å². The minimum atomic E-state index is -0.316.